The van der Waals surface area contributed by atoms with Gasteiger partial charge in [-0.3, -0.25) is 9.59 Å². The SMILES string of the molecule is CCOC(=O)CC(=O)CS/C(C)=N/NN=NC1=CCC=CC=C1. The van der Waals surface area contributed by atoms with Gasteiger partial charge in [-0.2, -0.15) is 10.6 Å². The maximum absolute atomic E-state index is 11.5. The number of ether oxygens (including phenoxy) is 1. The molecule has 7 nitrogen and oxygen atoms in total. The van der Waals surface area contributed by atoms with Crippen molar-refractivity contribution in [2.45, 2.75) is 26.7 Å². The molecule has 0 aromatic heterocycles. The van der Waals surface area contributed by atoms with Crippen LogP contribution in [-0.4, -0.2) is 29.2 Å². The Morgan fingerprint density at radius 2 is 2.22 bits per heavy atom. The van der Waals surface area contributed by atoms with Crippen LogP contribution in [0.15, 0.2) is 51.5 Å². The van der Waals surface area contributed by atoms with Crippen molar-refractivity contribution < 1.29 is 14.3 Å². The van der Waals surface area contributed by atoms with Gasteiger partial charge in [-0.25, -0.2) is 0 Å². The highest BCUT2D eigenvalue weighted by Crippen LogP contribution is 2.07. The van der Waals surface area contributed by atoms with Crippen molar-refractivity contribution in [1.29, 1.82) is 0 Å². The van der Waals surface area contributed by atoms with E-state index in [9.17, 15) is 9.59 Å². The largest absolute Gasteiger partial charge is 0.466 e. The van der Waals surface area contributed by atoms with Crippen molar-refractivity contribution in [2.24, 2.45) is 15.4 Å². The third-order valence-corrected chi connectivity index (χ3v) is 3.46. The number of nitrogens with one attached hydrogen (secondary N) is 1. The number of Topliss-reactive ketones (excluding diaryl/α,β-unsaturated/α-hetero) is 1. The molecule has 0 heterocycles. The zero-order chi connectivity index (χ0) is 16.9. The van der Waals surface area contributed by atoms with E-state index in [1.165, 1.54) is 11.8 Å². The summed E-state index contributed by atoms with van der Waals surface area (Å²) in [6.45, 7) is 3.71. The lowest BCUT2D eigenvalue weighted by atomic mass is 10.3. The fraction of sp³-hybridized carbons (Fsp3) is 0.400. The number of hydrogen-bond donors (Lipinski definition) is 1. The van der Waals surface area contributed by atoms with Crippen LogP contribution in [0, 0.1) is 0 Å². The molecule has 0 radical (unpaired) electrons. The monoisotopic (exact) mass is 336 g/mol. The summed E-state index contributed by atoms with van der Waals surface area (Å²) in [4.78, 5) is 22.7. The summed E-state index contributed by atoms with van der Waals surface area (Å²) in [6, 6.07) is 0. The molecular weight excluding hydrogens is 316 g/mol. The molecule has 0 amide bonds. The molecule has 0 bridgehead atoms. The average Bonchev–Trinajstić information content (AvgIpc) is 2.78. The van der Waals surface area contributed by atoms with Crippen LogP contribution in [0.3, 0.4) is 0 Å². The maximum Gasteiger partial charge on any atom is 0.313 e. The van der Waals surface area contributed by atoms with Gasteiger partial charge in [0.05, 0.1) is 23.1 Å². The Hall–Kier alpha value is -2.22. The molecule has 0 saturated heterocycles. The van der Waals surface area contributed by atoms with Crippen molar-refractivity contribution in [1.82, 2.24) is 5.53 Å². The average molecular weight is 336 g/mol. The maximum atomic E-state index is 11.5. The number of thioether (sulfide) groups is 1. The van der Waals surface area contributed by atoms with E-state index >= 15 is 0 Å². The Morgan fingerprint density at radius 1 is 1.39 bits per heavy atom. The molecule has 0 atom stereocenters. The topological polar surface area (TPSA) is 92.5 Å². The molecule has 1 rings (SSSR count). The Bertz CT molecular complexity index is 565. The molecule has 1 N–H and O–H groups in total. The van der Waals surface area contributed by atoms with Crippen molar-refractivity contribution in [3.05, 3.63) is 36.1 Å². The minimum absolute atomic E-state index is 0.159. The predicted molar refractivity (Wildman–Crippen MR) is 90.8 cm³/mol. The minimum Gasteiger partial charge on any atom is -0.466 e. The van der Waals surface area contributed by atoms with Crippen molar-refractivity contribution in [3.63, 3.8) is 0 Å². The lowest BCUT2D eigenvalue weighted by Gasteiger charge is -2.01. The fourth-order valence-electron chi connectivity index (χ4n) is 1.46. The van der Waals surface area contributed by atoms with Gasteiger partial charge < -0.3 is 4.74 Å². The van der Waals surface area contributed by atoms with E-state index in [1.807, 2.05) is 30.4 Å². The first-order valence-corrected chi connectivity index (χ1v) is 8.14. The molecule has 0 aromatic rings. The van der Waals surface area contributed by atoms with Crippen LogP contribution < -0.4 is 5.53 Å². The molecular formula is C15H20N4O3S. The number of allylic oxidation sites excluding steroid dienone is 5. The van der Waals surface area contributed by atoms with Gasteiger partial charge in [0.2, 0.25) is 0 Å². The van der Waals surface area contributed by atoms with Crippen LogP contribution in [0.4, 0.5) is 0 Å². The second-order valence-electron chi connectivity index (χ2n) is 4.39. The molecule has 0 aliphatic heterocycles. The Morgan fingerprint density at radius 3 is 3.00 bits per heavy atom. The first-order chi connectivity index (χ1) is 11.1. The fourth-order valence-corrected chi connectivity index (χ4v) is 2.03. The molecule has 1 aliphatic carbocycles. The molecule has 23 heavy (non-hydrogen) atoms. The van der Waals surface area contributed by atoms with Crippen LogP contribution >= 0.6 is 11.8 Å². The quantitative estimate of drug-likeness (QED) is 0.184. The summed E-state index contributed by atoms with van der Waals surface area (Å²) in [7, 11) is 0. The number of esters is 1. The molecule has 0 fully saturated rings. The highest BCUT2D eigenvalue weighted by molar-refractivity contribution is 8.14. The third kappa shape index (κ3) is 9.41. The summed E-state index contributed by atoms with van der Waals surface area (Å²) in [5, 5.41) is 12.3. The first kappa shape index (κ1) is 18.8. The van der Waals surface area contributed by atoms with Gasteiger partial charge in [0.15, 0.2) is 5.78 Å². The Labute approximate surface area is 139 Å². The molecule has 124 valence electrons. The third-order valence-electron chi connectivity index (χ3n) is 2.48. The molecule has 0 aromatic carbocycles. The lowest BCUT2D eigenvalue weighted by Crippen LogP contribution is -2.13. The van der Waals surface area contributed by atoms with Gasteiger partial charge in [-0.1, -0.05) is 29.5 Å². The van der Waals surface area contributed by atoms with Gasteiger partial charge in [0.1, 0.15) is 6.42 Å². The van der Waals surface area contributed by atoms with E-state index in [-0.39, 0.29) is 24.6 Å². The minimum atomic E-state index is -0.501. The second-order valence-corrected chi connectivity index (χ2v) is 5.56. The summed E-state index contributed by atoms with van der Waals surface area (Å²) >= 11 is 1.22. The van der Waals surface area contributed by atoms with Crippen LogP contribution in [0.25, 0.3) is 0 Å². The molecule has 1 aliphatic rings. The number of carbonyl (C=O) groups excluding carboxylic acids is 2. The highest BCUT2D eigenvalue weighted by Gasteiger charge is 2.10. The molecule has 0 saturated carbocycles. The molecule has 8 heteroatoms. The lowest BCUT2D eigenvalue weighted by molar-refractivity contribution is -0.145. The standard InChI is InChI=1S/C15H20N4O3S/c1-3-22-15(21)10-14(20)11-23-12(2)16-18-19-17-13-8-6-4-5-7-9-13/h4-6,8-9H,3,7,10-11H2,1-2H3,(H,17,18)/b16-12+. The normalized spacial score (nSPS) is 14.5. The predicted octanol–water partition coefficient (Wildman–Crippen LogP) is 2.93. The van der Waals surface area contributed by atoms with Gasteiger partial charge >= 0.3 is 5.97 Å². The van der Waals surface area contributed by atoms with Crippen molar-refractivity contribution >= 4 is 28.6 Å². The number of nitrogens with zero attached hydrogens (tertiary/aromatic N) is 3. The highest BCUT2D eigenvalue weighted by atomic mass is 32.2. The van der Waals surface area contributed by atoms with E-state index < -0.39 is 5.97 Å². The summed E-state index contributed by atoms with van der Waals surface area (Å²) < 4.78 is 4.71. The van der Waals surface area contributed by atoms with Gasteiger partial charge in [-0.05, 0) is 26.3 Å². The zero-order valence-corrected chi connectivity index (χ0v) is 14.0. The Balaban J connectivity index is 2.27. The molecule has 0 unspecified atom stereocenters. The van der Waals surface area contributed by atoms with Gasteiger partial charge in [0, 0.05) is 0 Å². The van der Waals surface area contributed by atoms with Crippen LogP contribution in [0.5, 0.6) is 0 Å². The number of rotatable bonds is 8. The van der Waals surface area contributed by atoms with E-state index in [1.54, 1.807) is 13.8 Å². The number of hydrogen-bond acceptors (Lipinski definition) is 7. The van der Waals surface area contributed by atoms with E-state index in [0.717, 1.165) is 12.1 Å². The van der Waals surface area contributed by atoms with E-state index in [0.29, 0.717) is 5.04 Å². The second kappa shape index (κ2) is 11.4. The van der Waals surface area contributed by atoms with Crippen LogP contribution in [0.2, 0.25) is 0 Å². The number of ketones is 1. The van der Waals surface area contributed by atoms with Crippen LogP contribution in [-0.2, 0) is 14.3 Å². The number of hydrazone groups is 1. The van der Waals surface area contributed by atoms with Gasteiger partial charge in [-0.15, -0.1) is 16.9 Å². The van der Waals surface area contributed by atoms with Crippen molar-refractivity contribution in [3.8, 4) is 0 Å². The van der Waals surface area contributed by atoms with Crippen molar-refractivity contribution in [2.75, 3.05) is 12.4 Å². The van der Waals surface area contributed by atoms with E-state index in [2.05, 4.69) is 21.0 Å². The summed E-state index contributed by atoms with van der Waals surface area (Å²) in [6.07, 6.45) is 10.2. The summed E-state index contributed by atoms with van der Waals surface area (Å²) in [5.74, 6) is -0.545. The van der Waals surface area contributed by atoms with Crippen LogP contribution in [0.1, 0.15) is 26.7 Å². The molecule has 0 spiro atoms. The number of carbonyl (C=O) groups is 2. The van der Waals surface area contributed by atoms with Gasteiger partial charge in [0.25, 0.3) is 0 Å². The summed E-state index contributed by atoms with van der Waals surface area (Å²) in [5.41, 5.74) is 3.21. The Kier molecular flexibility index (Phi) is 9.30. The smallest absolute Gasteiger partial charge is 0.313 e. The van der Waals surface area contributed by atoms with E-state index in [4.69, 9.17) is 4.74 Å². The zero-order valence-electron chi connectivity index (χ0n) is 13.2. The first-order valence-electron chi connectivity index (χ1n) is 7.15.